The lowest BCUT2D eigenvalue weighted by Gasteiger charge is -2.09. The average Bonchev–Trinajstić information content (AvgIpc) is 2.64. The summed E-state index contributed by atoms with van der Waals surface area (Å²) in [5.74, 6) is 0. The highest BCUT2D eigenvalue weighted by Crippen LogP contribution is 2.23. The number of halogens is 2. The van der Waals surface area contributed by atoms with Crippen molar-refractivity contribution in [2.45, 2.75) is 19.4 Å². The fourth-order valence-electron chi connectivity index (χ4n) is 1.67. The van der Waals surface area contributed by atoms with E-state index in [0.717, 1.165) is 22.1 Å². The van der Waals surface area contributed by atoms with Crippen LogP contribution in [0, 0.1) is 0 Å². The zero-order chi connectivity index (χ0) is 12.4. The summed E-state index contributed by atoms with van der Waals surface area (Å²) < 4.78 is 2.66. The van der Waals surface area contributed by atoms with Crippen molar-refractivity contribution in [3.63, 3.8) is 0 Å². The minimum Gasteiger partial charge on any atom is -0.328 e. The molecule has 0 saturated heterocycles. The highest BCUT2D eigenvalue weighted by atomic mass is 79.9. The number of rotatable bonds is 3. The van der Waals surface area contributed by atoms with Crippen LogP contribution in [0.4, 0.5) is 0 Å². The van der Waals surface area contributed by atoms with Crippen LogP contribution in [0.1, 0.15) is 12.5 Å². The van der Waals surface area contributed by atoms with Gasteiger partial charge in [0.1, 0.15) is 0 Å². The summed E-state index contributed by atoms with van der Waals surface area (Å²) >= 11 is 9.60. The second kappa shape index (κ2) is 5.21. The van der Waals surface area contributed by atoms with Crippen molar-refractivity contribution < 1.29 is 0 Å². The molecule has 0 aliphatic rings. The standard InChI is InChI=1S/C12H13BrClN3/c1-8(15)4-9-2-3-12(11(14)5-9)17-7-10(13)6-16-17/h2-3,5-8H,4,15H2,1H3. The summed E-state index contributed by atoms with van der Waals surface area (Å²) in [6.07, 6.45) is 4.42. The van der Waals surface area contributed by atoms with Gasteiger partial charge in [-0.1, -0.05) is 17.7 Å². The molecule has 0 saturated carbocycles. The number of hydrogen-bond acceptors (Lipinski definition) is 2. The Kier molecular flexibility index (Phi) is 3.86. The highest BCUT2D eigenvalue weighted by molar-refractivity contribution is 9.10. The van der Waals surface area contributed by atoms with E-state index in [1.807, 2.05) is 31.3 Å². The van der Waals surface area contributed by atoms with Crippen LogP contribution in [0.25, 0.3) is 5.69 Å². The lowest BCUT2D eigenvalue weighted by molar-refractivity contribution is 0.737. The Morgan fingerprint density at radius 3 is 2.82 bits per heavy atom. The van der Waals surface area contributed by atoms with Crippen LogP contribution in [0.15, 0.2) is 35.1 Å². The molecule has 0 aliphatic carbocycles. The van der Waals surface area contributed by atoms with Gasteiger partial charge < -0.3 is 5.73 Å². The second-order valence-electron chi connectivity index (χ2n) is 4.07. The normalized spacial score (nSPS) is 12.7. The predicted molar refractivity (Wildman–Crippen MR) is 73.6 cm³/mol. The van der Waals surface area contributed by atoms with E-state index in [1.165, 1.54) is 0 Å². The van der Waals surface area contributed by atoms with Crippen molar-refractivity contribution in [1.29, 1.82) is 0 Å². The maximum absolute atomic E-state index is 6.24. The maximum atomic E-state index is 6.24. The van der Waals surface area contributed by atoms with Crippen LogP contribution in [-0.4, -0.2) is 15.8 Å². The van der Waals surface area contributed by atoms with Gasteiger partial charge in [-0.2, -0.15) is 5.10 Å². The summed E-state index contributed by atoms with van der Waals surface area (Å²) in [4.78, 5) is 0. The van der Waals surface area contributed by atoms with E-state index in [0.29, 0.717) is 5.02 Å². The van der Waals surface area contributed by atoms with Gasteiger partial charge in [-0.05, 0) is 47.0 Å². The Morgan fingerprint density at radius 1 is 1.53 bits per heavy atom. The molecule has 2 aromatic rings. The molecule has 2 rings (SSSR count). The van der Waals surface area contributed by atoms with Crippen LogP contribution in [-0.2, 0) is 6.42 Å². The summed E-state index contributed by atoms with van der Waals surface area (Å²) in [7, 11) is 0. The molecule has 1 aromatic heterocycles. The van der Waals surface area contributed by atoms with Crippen LogP contribution in [0.2, 0.25) is 5.02 Å². The van der Waals surface area contributed by atoms with E-state index in [-0.39, 0.29) is 6.04 Å². The molecule has 90 valence electrons. The van der Waals surface area contributed by atoms with Gasteiger partial charge >= 0.3 is 0 Å². The Hall–Kier alpha value is -0.840. The zero-order valence-corrected chi connectivity index (χ0v) is 11.7. The molecule has 1 heterocycles. The van der Waals surface area contributed by atoms with Crippen molar-refractivity contribution in [2.75, 3.05) is 0 Å². The first-order chi connectivity index (χ1) is 8.06. The van der Waals surface area contributed by atoms with Crippen molar-refractivity contribution in [2.24, 2.45) is 5.73 Å². The first kappa shape index (κ1) is 12.6. The SMILES string of the molecule is CC(N)Cc1ccc(-n2cc(Br)cn2)c(Cl)c1. The fourth-order valence-corrected chi connectivity index (χ4v) is 2.24. The third-order valence-electron chi connectivity index (χ3n) is 2.37. The van der Waals surface area contributed by atoms with Gasteiger partial charge in [0.2, 0.25) is 0 Å². The largest absolute Gasteiger partial charge is 0.328 e. The molecule has 0 amide bonds. The Labute approximate surface area is 114 Å². The molecule has 2 N–H and O–H groups in total. The minimum atomic E-state index is 0.135. The minimum absolute atomic E-state index is 0.135. The van der Waals surface area contributed by atoms with E-state index < -0.39 is 0 Å². The topological polar surface area (TPSA) is 43.8 Å². The van der Waals surface area contributed by atoms with E-state index >= 15 is 0 Å². The van der Waals surface area contributed by atoms with Gasteiger partial charge in [-0.3, -0.25) is 0 Å². The van der Waals surface area contributed by atoms with Crippen molar-refractivity contribution in [1.82, 2.24) is 9.78 Å². The molecule has 3 nitrogen and oxygen atoms in total. The zero-order valence-electron chi connectivity index (χ0n) is 9.40. The summed E-state index contributed by atoms with van der Waals surface area (Å²) in [6.45, 7) is 1.98. The molecule has 0 bridgehead atoms. The van der Waals surface area contributed by atoms with Gasteiger partial charge in [0.15, 0.2) is 0 Å². The highest BCUT2D eigenvalue weighted by Gasteiger charge is 2.06. The lowest BCUT2D eigenvalue weighted by atomic mass is 10.1. The van der Waals surface area contributed by atoms with Crippen LogP contribution in [0.5, 0.6) is 0 Å². The lowest BCUT2D eigenvalue weighted by Crippen LogP contribution is -2.17. The summed E-state index contributed by atoms with van der Waals surface area (Å²) in [5.41, 5.74) is 7.77. The molecule has 17 heavy (non-hydrogen) atoms. The predicted octanol–water partition coefficient (Wildman–Crippen LogP) is 3.18. The van der Waals surface area contributed by atoms with Gasteiger partial charge in [0, 0.05) is 12.2 Å². The molecule has 0 spiro atoms. The third-order valence-corrected chi connectivity index (χ3v) is 3.08. The molecule has 1 aromatic carbocycles. The maximum Gasteiger partial charge on any atom is 0.0832 e. The van der Waals surface area contributed by atoms with Gasteiger partial charge in [0.25, 0.3) is 0 Å². The Bertz CT molecular complexity index is 522. The molecule has 1 atom stereocenters. The third kappa shape index (κ3) is 3.09. The number of benzene rings is 1. The van der Waals surface area contributed by atoms with E-state index in [9.17, 15) is 0 Å². The van der Waals surface area contributed by atoms with Crippen LogP contribution >= 0.6 is 27.5 Å². The smallest absolute Gasteiger partial charge is 0.0832 e. The van der Waals surface area contributed by atoms with Crippen LogP contribution < -0.4 is 5.73 Å². The first-order valence-corrected chi connectivity index (χ1v) is 6.48. The van der Waals surface area contributed by atoms with Crippen LogP contribution in [0.3, 0.4) is 0 Å². The molecule has 0 aliphatic heterocycles. The van der Waals surface area contributed by atoms with Gasteiger partial charge in [-0.25, -0.2) is 4.68 Å². The Morgan fingerprint density at radius 2 is 2.29 bits per heavy atom. The monoisotopic (exact) mass is 313 g/mol. The average molecular weight is 315 g/mol. The molecule has 0 radical (unpaired) electrons. The fraction of sp³-hybridized carbons (Fsp3) is 0.250. The summed E-state index contributed by atoms with van der Waals surface area (Å²) in [5, 5.41) is 4.88. The molecular formula is C12H13BrClN3. The van der Waals surface area contributed by atoms with E-state index in [1.54, 1.807) is 10.9 Å². The van der Waals surface area contributed by atoms with Crippen molar-refractivity contribution >= 4 is 27.5 Å². The number of hydrogen-bond donors (Lipinski definition) is 1. The Balaban J connectivity index is 2.31. The quantitative estimate of drug-likeness (QED) is 0.945. The number of nitrogens with two attached hydrogens (primary N) is 1. The summed E-state index contributed by atoms with van der Waals surface area (Å²) in [6, 6.07) is 6.06. The van der Waals surface area contributed by atoms with Gasteiger partial charge in [-0.15, -0.1) is 0 Å². The first-order valence-electron chi connectivity index (χ1n) is 5.31. The molecule has 0 fully saturated rings. The molecule has 5 heteroatoms. The number of nitrogens with zero attached hydrogens (tertiary/aromatic N) is 2. The molecular weight excluding hydrogens is 302 g/mol. The van der Waals surface area contributed by atoms with E-state index in [4.69, 9.17) is 17.3 Å². The molecule has 1 unspecified atom stereocenters. The second-order valence-corrected chi connectivity index (χ2v) is 5.39. The number of aromatic nitrogens is 2. The van der Waals surface area contributed by atoms with Gasteiger partial charge in [0.05, 0.1) is 21.4 Å². The van der Waals surface area contributed by atoms with E-state index in [2.05, 4.69) is 21.0 Å². The van der Waals surface area contributed by atoms with Crippen molar-refractivity contribution in [3.05, 3.63) is 45.7 Å². The van der Waals surface area contributed by atoms with Crippen molar-refractivity contribution in [3.8, 4) is 5.69 Å².